The molecule has 0 amide bonds. The molecule has 0 saturated heterocycles. The normalized spacial score (nSPS) is 11.0. The third-order valence-electron chi connectivity index (χ3n) is 3.19. The van der Waals surface area contributed by atoms with Gasteiger partial charge in [-0.2, -0.15) is 9.61 Å². The summed E-state index contributed by atoms with van der Waals surface area (Å²) < 4.78 is 12.8. The number of benzene rings is 1. The molecule has 6 nitrogen and oxygen atoms in total. The summed E-state index contributed by atoms with van der Waals surface area (Å²) in [6, 6.07) is 11.5. The van der Waals surface area contributed by atoms with Gasteiger partial charge in [0.2, 0.25) is 4.96 Å². The Labute approximate surface area is 139 Å². The molecule has 8 heteroatoms. The van der Waals surface area contributed by atoms with Gasteiger partial charge in [0.05, 0.1) is 12.0 Å². The van der Waals surface area contributed by atoms with Crippen molar-refractivity contribution in [2.75, 3.05) is 7.11 Å². The Morgan fingerprint density at radius 2 is 1.96 bits per heavy atom. The molecule has 23 heavy (non-hydrogen) atoms. The third kappa shape index (κ3) is 2.66. The summed E-state index contributed by atoms with van der Waals surface area (Å²) in [5, 5.41) is 15.8. The molecule has 0 fully saturated rings. The highest BCUT2D eigenvalue weighted by Crippen LogP contribution is 2.28. The van der Waals surface area contributed by atoms with Crippen molar-refractivity contribution in [2.24, 2.45) is 0 Å². The zero-order valence-corrected chi connectivity index (χ0v) is 13.8. The maximum absolute atomic E-state index is 5.81. The molecule has 0 aliphatic carbocycles. The lowest BCUT2D eigenvalue weighted by atomic mass is 10.3. The lowest BCUT2D eigenvalue weighted by Crippen LogP contribution is -1.98. The Morgan fingerprint density at radius 3 is 2.74 bits per heavy atom. The largest absolute Gasteiger partial charge is 0.493 e. The average molecular weight is 344 g/mol. The minimum atomic E-state index is 0.359. The van der Waals surface area contributed by atoms with Crippen LogP contribution in [-0.2, 0) is 6.61 Å². The Bertz CT molecular complexity index is 930. The van der Waals surface area contributed by atoms with Gasteiger partial charge in [0.25, 0.3) is 0 Å². The van der Waals surface area contributed by atoms with E-state index in [1.54, 1.807) is 23.0 Å². The van der Waals surface area contributed by atoms with E-state index in [0.29, 0.717) is 18.1 Å². The number of nitrogens with zero attached hydrogens (tertiary/aromatic N) is 4. The van der Waals surface area contributed by atoms with Crippen LogP contribution in [0.2, 0.25) is 0 Å². The van der Waals surface area contributed by atoms with Gasteiger partial charge >= 0.3 is 0 Å². The molecule has 0 radical (unpaired) electrons. The number of hydrogen-bond donors (Lipinski definition) is 0. The molecule has 4 aromatic rings. The molecule has 0 aliphatic rings. The van der Waals surface area contributed by atoms with E-state index in [0.717, 1.165) is 20.7 Å². The van der Waals surface area contributed by atoms with Crippen molar-refractivity contribution in [3.05, 3.63) is 46.8 Å². The summed E-state index contributed by atoms with van der Waals surface area (Å²) in [6.07, 6.45) is 0. The summed E-state index contributed by atoms with van der Waals surface area (Å²) in [6.45, 7) is 0.359. The number of hydrogen-bond acceptors (Lipinski definition) is 7. The van der Waals surface area contributed by atoms with E-state index in [-0.39, 0.29) is 0 Å². The van der Waals surface area contributed by atoms with Crippen LogP contribution in [0.15, 0.2) is 41.8 Å². The molecular formula is C15H12N4O2S2. The summed E-state index contributed by atoms with van der Waals surface area (Å²) in [5.41, 5.74) is 0. The number of aromatic nitrogens is 4. The summed E-state index contributed by atoms with van der Waals surface area (Å²) in [4.78, 5) is 1.80. The van der Waals surface area contributed by atoms with Crippen LogP contribution in [0.5, 0.6) is 11.5 Å². The molecule has 0 spiro atoms. The first-order valence-electron chi connectivity index (χ1n) is 6.86. The maximum atomic E-state index is 5.81. The van der Waals surface area contributed by atoms with Crippen molar-refractivity contribution in [3.8, 4) is 22.2 Å². The highest BCUT2D eigenvalue weighted by molar-refractivity contribution is 7.16. The van der Waals surface area contributed by atoms with Crippen LogP contribution in [-0.4, -0.2) is 26.9 Å². The van der Waals surface area contributed by atoms with Crippen molar-refractivity contribution in [1.82, 2.24) is 19.8 Å². The Morgan fingerprint density at radius 1 is 1.09 bits per heavy atom. The van der Waals surface area contributed by atoms with Crippen LogP contribution >= 0.6 is 22.7 Å². The van der Waals surface area contributed by atoms with Gasteiger partial charge in [-0.1, -0.05) is 29.5 Å². The highest BCUT2D eigenvalue weighted by atomic mass is 32.1. The Balaban J connectivity index is 1.58. The van der Waals surface area contributed by atoms with E-state index >= 15 is 0 Å². The Hall–Kier alpha value is -2.45. The zero-order chi connectivity index (χ0) is 15.6. The fourth-order valence-electron chi connectivity index (χ4n) is 2.15. The minimum Gasteiger partial charge on any atom is -0.493 e. The van der Waals surface area contributed by atoms with Gasteiger partial charge in [-0.3, -0.25) is 0 Å². The van der Waals surface area contributed by atoms with E-state index in [1.165, 1.54) is 11.3 Å². The third-order valence-corrected chi connectivity index (χ3v) is 4.93. The van der Waals surface area contributed by atoms with Crippen molar-refractivity contribution in [2.45, 2.75) is 6.61 Å². The SMILES string of the molecule is COc1ccccc1OCc1nn2c(-c3cccs3)nnc2s1. The second kappa shape index (κ2) is 5.98. The van der Waals surface area contributed by atoms with Gasteiger partial charge in [-0.15, -0.1) is 21.5 Å². The van der Waals surface area contributed by atoms with Crippen molar-refractivity contribution in [1.29, 1.82) is 0 Å². The second-order valence-corrected chi connectivity index (χ2v) is 6.62. The fourth-order valence-corrected chi connectivity index (χ4v) is 3.59. The number of fused-ring (bicyclic) bond motifs is 1. The molecule has 0 N–H and O–H groups in total. The van der Waals surface area contributed by atoms with Gasteiger partial charge in [0, 0.05) is 0 Å². The van der Waals surface area contributed by atoms with E-state index in [2.05, 4.69) is 15.3 Å². The molecule has 4 rings (SSSR count). The van der Waals surface area contributed by atoms with Crippen molar-refractivity contribution in [3.63, 3.8) is 0 Å². The summed E-state index contributed by atoms with van der Waals surface area (Å²) >= 11 is 3.08. The van der Waals surface area contributed by atoms with Gasteiger partial charge in [-0.25, -0.2) is 0 Å². The van der Waals surface area contributed by atoms with Gasteiger partial charge in [0.1, 0.15) is 6.61 Å². The quantitative estimate of drug-likeness (QED) is 0.554. The molecule has 0 aliphatic heterocycles. The summed E-state index contributed by atoms with van der Waals surface area (Å²) in [7, 11) is 1.62. The first-order chi connectivity index (χ1) is 11.3. The lowest BCUT2D eigenvalue weighted by Gasteiger charge is -2.08. The predicted octanol–water partition coefficient (Wildman–Crippen LogP) is 3.50. The number of methoxy groups -OCH3 is 1. The monoisotopic (exact) mass is 344 g/mol. The smallest absolute Gasteiger partial charge is 0.235 e. The Kier molecular flexibility index (Phi) is 3.68. The van der Waals surface area contributed by atoms with E-state index in [1.807, 2.05) is 41.8 Å². The number of rotatable bonds is 5. The topological polar surface area (TPSA) is 61.5 Å². The van der Waals surface area contributed by atoms with Crippen LogP contribution in [0.1, 0.15) is 5.01 Å². The highest BCUT2D eigenvalue weighted by Gasteiger charge is 2.14. The standard InChI is InChI=1S/C15H12N4O2S2/c1-20-10-5-2-3-6-11(10)21-9-13-18-19-14(12-7-4-8-22-12)16-17-15(19)23-13/h2-8H,9H2,1H3. The number of ether oxygens (including phenoxy) is 2. The van der Waals surface area contributed by atoms with E-state index in [4.69, 9.17) is 9.47 Å². The number of thiophene rings is 1. The van der Waals surface area contributed by atoms with Crippen LogP contribution in [0.3, 0.4) is 0 Å². The molecule has 0 saturated carbocycles. The van der Waals surface area contributed by atoms with Gasteiger partial charge in [-0.05, 0) is 23.6 Å². The molecule has 116 valence electrons. The molecule has 1 aromatic carbocycles. The van der Waals surface area contributed by atoms with Crippen LogP contribution in [0.4, 0.5) is 0 Å². The summed E-state index contributed by atoms with van der Waals surface area (Å²) in [5.74, 6) is 2.16. The van der Waals surface area contributed by atoms with E-state index < -0.39 is 0 Å². The predicted molar refractivity (Wildman–Crippen MR) is 89.3 cm³/mol. The molecule has 0 atom stereocenters. The fraction of sp³-hybridized carbons (Fsp3) is 0.133. The van der Waals surface area contributed by atoms with Crippen LogP contribution in [0.25, 0.3) is 15.7 Å². The van der Waals surface area contributed by atoms with Crippen molar-refractivity contribution >= 4 is 27.6 Å². The van der Waals surface area contributed by atoms with Crippen molar-refractivity contribution < 1.29 is 9.47 Å². The van der Waals surface area contributed by atoms with E-state index in [9.17, 15) is 0 Å². The second-order valence-electron chi connectivity index (χ2n) is 4.63. The first-order valence-corrected chi connectivity index (χ1v) is 8.55. The van der Waals surface area contributed by atoms with Crippen LogP contribution < -0.4 is 9.47 Å². The molecule has 3 aromatic heterocycles. The number of para-hydroxylation sites is 2. The molecule has 3 heterocycles. The lowest BCUT2D eigenvalue weighted by molar-refractivity contribution is 0.283. The van der Waals surface area contributed by atoms with Crippen LogP contribution in [0, 0.1) is 0 Å². The average Bonchev–Trinajstić information content (AvgIpc) is 3.29. The van der Waals surface area contributed by atoms with Gasteiger partial charge < -0.3 is 9.47 Å². The zero-order valence-electron chi connectivity index (χ0n) is 12.2. The molecule has 0 unspecified atom stereocenters. The maximum Gasteiger partial charge on any atom is 0.235 e. The minimum absolute atomic E-state index is 0.359. The molecule has 0 bridgehead atoms. The molecular weight excluding hydrogens is 332 g/mol. The van der Waals surface area contributed by atoms with Gasteiger partial charge in [0.15, 0.2) is 22.3 Å². The first kappa shape index (κ1) is 14.2.